The molecule has 1 amide bonds. The molecule has 0 saturated carbocycles. The number of H-pyrrole nitrogens is 1. The van der Waals surface area contributed by atoms with Crippen molar-refractivity contribution >= 4 is 29.3 Å². The van der Waals surface area contributed by atoms with Gasteiger partial charge in [0.25, 0.3) is 0 Å². The average molecular weight is 323 g/mol. The van der Waals surface area contributed by atoms with Crippen LogP contribution in [0.2, 0.25) is 0 Å². The lowest BCUT2D eigenvalue weighted by atomic mass is 10.3. The number of halogens is 1. The van der Waals surface area contributed by atoms with Gasteiger partial charge in [-0.25, -0.2) is 14.2 Å². The first-order valence-corrected chi connectivity index (χ1v) is 7.48. The highest BCUT2D eigenvalue weighted by atomic mass is 32.2. The van der Waals surface area contributed by atoms with Crippen LogP contribution in [0.1, 0.15) is 17.4 Å². The largest absolute Gasteiger partial charge is 0.461 e. The number of carbonyl (C=O) groups is 2. The summed E-state index contributed by atoms with van der Waals surface area (Å²) in [5.74, 6) is -1.34. The van der Waals surface area contributed by atoms with Crippen molar-refractivity contribution in [2.24, 2.45) is 0 Å². The van der Waals surface area contributed by atoms with Gasteiger partial charge in [0.05, 0.1) is 24.2 Å². The van der Waals surface area contributed by atoms with Gasteiger partial charge in [0.15, 0.2) is 5.16 Å². The number of carbonyl (C=O) groups excluding carboxylic acids is 2. The molecule has 1 aromatic carbocycles. The van der Waals surface area contributed by atoms with Gasteiger partial charge < -0.3 is 15.0 Å². The van der Waals surface area contributed by atoms with Crippen molar-refractivity contribution < 1.29 is 18.7 Å². The van der Waals surface area contributed by atoms with Crippen molar-refractivity contribution in [2.75, 3.05) is 17.7 Å². The molecule has 0 saturated heterocycles. The number of para-hydroxylation sites is 1. The second kappa shape index (κ2) is 7.60. The first-order chi connectivity index (χ1) is 10.6. The monoisotopic (exact) mass is 323 g/mol. The molecule has 1 aromatic heterocycles. The van der Waals surface area contributed by atoms with E-state index in [0.717, 1.165) is 11.8 Å². The van der Waals surface area contributed by atoms with Crippen LogP contribution in [-0.2, 0) is 9.53 Å². The van der Waals surface area contributed by atoms with Crippen molar-refractivity contribution in [1.29, 1.82) is 0 Å². The molecule has 22 heavy (non-hydrogen) atoms. The standard InChI is InChI=1S/C14H14FN3O3S/c1-2-21-13(20)11-7-16-14(18-11)22-8-12(19)17-10-6-4-3-5-9(10)15/h3-7H,2,8H2,1H3,(H,16,18)(H,17,19). The molecular formula is C14H14FN3O3S. The maximum absolute atomic E-state index is 13.4. The number of aromatic amines is 1. The number of anilines is 1. The summed E-state index contributed by atoms with van der Waals surface area (Å²) in [5.41, 5.74) is 0.346. The van der Waals surface area contributed by atoms with Gasteiger partial charge in [-0.2, -0.15) is 0 Å². The topological polar surface area (TPSA) is 84.1 Å². The summed E-state index contributed by atoms with van der Waals surface area (Å²) in [4.78, 5) is 29.9. The number of thioether (sulfide) groups is 1. The molecule has 2 N–H and O–H groups in total. The number of hydrogen-bond donors (Lipinski definition) is 2. The number of amides is 1. The second-order valence-electron chi connectivity index (χ2n) is 4.14. The third-order valence-corrected chi connectivity index (χ3v) is 3.42. The Morgan fingerprint density at radius 1 is 1.41 bits per heavy atom. The molecular weight excluding hydrogens is 309 g/mol. The molecule has 0 spiro atoms. The Hall–Kier alpha value is -2.35. The average Bonchev–Trinajstić information content (AvgIpc) is 2.97. The van der Waals surface area contributed by atoms with Gasteiger partial charge in [0.2, 0.25) is 5.91 Å². The van der Waals surface area contributed by atoms with E-state index in [1.165, 1.54) is 18.3 Å². The van der Waals surface area contributed by atoms with E-state index in [2.05, 4.69) is 15.3 Å². The number of nitrogens with zero attached hydrogens (tertiary/aromatic N) is 1. The molecule has 0 atom stereocenters. The minimum atomic E-state index is -0.502. The number of benzene rings is 1. The summed E-state index contributed by atoms with van der Waals surface area (Å²) < 4.78 is 18.2. The van der Waals surface area contributed by atoms with Crippen molar-refractivity contribution in [1.82, 2.24) is 9.97 Å². The Morgan fingerprint density at radius 2 is 2.18 bits per heavy atom. The fourth-order valence-corrected chi connectivity index (χ4v) is 2.22. The maximum atomic E-state index is 13.4. The van der Waals surface area contributed by atoms with Gasteiger partial charge in [0, 0.05) is 0 Å². The molecule has 0 fully saturated rings. The second-order valence-corrected chi connectivity index (χ2v) is 5.10. The minimum absolute atomic E-state index is 0.0319. The number of ether oxygens (including phenoxy) is 1. The predicted octanol–water partition coefficient (Wildman–Crippen LogP) is 2.46. The Kier molecular flexibility index (Phi) is 5.54. The van der Waals surface area contributed by atoms with Gasteiger partial charge in [0.1, 0.15) is 11.5 Å². The number of rotatable bonds is 6. The van der Waals surface area contributed by atoms with Gasteiger partial charge in [-0.1, -0.05) is 23.9 Å². The lowest BCUT2D eigenvalue weighted by Gasteiger charge is -2.05. The van der Waals surface area contributed by atoms with E-state index < -0.39 is 11.8 Å². The Morgan fingerprint density at radius 3 is 2.91 bits per heavy atom. The molecule has 116 valence electrons. The number of hydrogen-bond acceptors (Lipinski definition) is 5. The highest BCUT2D eigenvalue weighted by molar-refractivity contribution is 7.99. The van der Waals surface area contributed by atoms with Crippen LogP contribution >= 0.6 is 11.8 Å². The van der Waals surface area contributed by atoms with Gasteiger partial charge in [-0.3, -0.25) is 4.79 Å². The van der Waals surface area contributed by atoms with E-state index in [0.29, 0.717) is 5.16 Å². The summed E-state index contributed by atoms with van der Waals surface area (Å²) in [5, 5.41) is 2.87. The first-order valence-electron chi connectivity index (χ1n) is 6.49. The number of esters is 1. The SMILES string of the molecule is CCOC(=O)c1cnc(SCC(=O)Nc2ccccc2F)[nH]1. The van der Waals surface area contributed by atoms with Crippen LogP contribution in [0.15, 0.2) is 35.6 Å². The molecule has 0 aliphatic rings. The van der Waals surface area contributed by atoms with E-state index in [4.69, 9.17) is 4.74 Å². The minimum Gasteiger partial charge on any atom is -0.461 e. The molecule has 0 radical (unpaired) electrons. The van der Waals surface area contributed by atoms with Crippen molar-refractivity contribution in [2.45, 2.75) is 12.1 Å². The van der Waals surface area contributed by atoms with Crippen LogP contribution in [0.5, 0.6) is 0 Å². The predicted molar refractivity (Wildman–Crippen MR) is 80.3 cm³/mol. The molecule has 2 aromatic rings. The van der Waals surface area contributed by atoms with E-state index in [9.17, 15) is 14.0 Å². The highest BCUT2D eigenvalue weighted by Crippen LogP contribution is 2.16. The number of imidazole rings is 1. The molecule has 2 rings (SSSR count). The molecule has 0 aliphatic carbocycles. The summed E-state index contributed by atoms with van der Waals surface area (Å²) in [7, 11) is 0. The third kappa shape index (κ3) is 4.32. The summed E-state index contributed by atoms with van der Waals surface area (Å²) in [6.45, 7) is 1.97. The van der Waals surface area contributed by atoms with E-state index in [1.54, 1.807) is 19.1 Å². The third-order valence-electron chi connectivity index (χ3n) is 2.54. The van der Waals surface area contributed by atoms with E-state index in [1.807, 2.05) is 0 Å². The number of aromatic nitrogens is 2. The van der Waals surface area contributed by atoms with Crippen LogP contribution in [0.25, 0.3) is 0 Å². The van der Waals surface area contributed by atoms with Crippen LogP contribution < -0.4 is 5.32 Å². The van der Waals surface area contributed by atoms with Gasteiger partial charge in [-0.15, -0.1) is 0 Å². The number of nitrogens with one attached hydrogen (secondary N) is 2. The van der Waals surface area contributed by atoms with Gasteiger partial charge in [-0.05, 0) is 19.1 Å². The van der Waals surface area contributed by atoms with Crippen molar-refractivity contribution in [3.63, 3.8) is 0 Å². The van der Waals surface area contributed by atoms with Crippen molar-refractivity contribution in [3.8, 4) is 0 Å². The Labute approximate surface area is 130 Å². The molecule has 0 bridgehead atoms. The van der Waals surface area contributed by atoms with E-state index >= 15 is 0 Å². The summed E-state index contributed by atoms with van der Waals surface area (Å²) in [6, 6.07) is 5.91. The lowest BCUT2D eigenvalue weighted by Crippen LogP contribution is -2.15. The van der Waals surface area contributed by atoms with Crippen LogP contribution in [0.3, 0.4) is 0 Å². The van der Waals surface area contributed by atoms with E-state index in [-0.39, 0.29) is 29.6 Å². The molecule has 0 unspecified atom stereocenters. The zero-order valence-electron chi connectivity index (χ0n) is 11.8. The maximum Gasteiger partial charge on any atom is 0.356 e. The lowest BCUT2D eigenvalue weighted by molar-refractivity contribution is -0.113. The van der Waals surface area contributed by atoms with Crippen LogP contribution in [0.4, 0.5) is 10.1 Å². The fraction of sp³-hybridized carbons (Fsp3) is 0.214. The molecule has 0 aliphatic heterocycles. The Bertz CT molecular complexity index is 675. The van der Waals surface area contributed by atoms with Crippen LogP contribution in [-0.4, -0.2) is 34.2 Å². The zero-order chi connectivity index (χ0) is 15.9. The summed E-state index contributed by atoms with van der Waals surface area (Å²) >= 11 is 1.10. The zero-order valence-corrected chi connectivity index (χ0v) is 12.6. The van der Waals surface area contributed by atoms with Crippen molar-refractivity contribution in [3.05, 3.63) is 42.0 Å². The molecule has 6 nitrogen and oxygen atoms in total. The summed E-state index contributed by atoms with van der Waals surface area (Å²) in [6.07, 6.45) is 1.34. The normalized spacial score (nSPS) is 10.3. The highest BCUT2D eigenvalue weighted by Gasteiger charge is 2.12. The Balaban J connectivity index is 1.86. The fourth-order valence-electron chi connectivity index (χ4n) is 1.57. The van der Waals surface area contributed by atoms with Gasteiger partial charge >= 0.3 is 5.97 Å². The smallest absolute Gasteiger partial charge is 0.356 e. The first kappa shape index (κ1) is 16.0. The molecule has 1 heterocycles. The molecule has 8 heteroatoms. The van der Waals surface area contributed by atoms with Crippen LogP contribution in [0, 0.1) is 5.82 Å². The quantitative estimate of drug-likeness (QED) is 0.630.